The van der Waals surface area contributed by atoms with E-state index in [0.29, 0.717) is 6.61 Å². The molecule has 0 aliphatic rings. The molecule has 0 saturated carbocycles. The summed E-state index contributed by atoms with van der Waals surface area (Å²) in [4.78, 5) is 4.20. The summed E-state index contributed by atoms with van der Waals surface area (Å²) in [7, 11) is 0. The highest BCUT2D eigenvalue weighted by atomic mass is 16.5. The zero-order chi connectivity index (χ0) is 11.9. The minimum Gasteiger partial charge on any atom is -0.487 e. The summed E-state index contributed by atoms with van der Waals surface area (Å²) >= 11 is 0. The molecule has 0 radical (unpaired) electrons. The van der Waals surface area contributed by atoms with Crippen molar-refractivity contribution in [3.8, 4) is 5.75 Å². The van der Waals surface area contributed by atoms with Gasteiger partial charge in [0.1, 0.15) is 12.4 Å². The Bertz CT molecular complexity index is 474. The van der Waals surface area contributed by atoms with Crippen LogP contribution in [0.25, 0.3) is 6.08 Å². The Hall–Kier alpha value is -2.09. The summed E-state index contributed by atoms with van der Waals surface area (Å²) in [5.74, 6) is 0.865. The number of nitrogens with zero attached hydrogens (tertiary/aromatic N) is 1. The fourth-order valence-corrected chi connectivity index (χ4v) is 1.51. The van der Waals surface area contributed by atoms with E-state index in [9.17, 15) is 0 Å². The first-order valence-electron chi connectivity index (χ1n) is 5.64. The standard InChI is InChI=1S/C15H15NO/c1-2-5-13-7-9-15(10-8-13)17-12-14-6-3-4-11-16-14/h2-11H,12H2,1H3/b5-2+. The van der Waals surface area contributed by atoms with Gasteiger partial charge in [0, 0.05) is 6.20 Å². The summed E-state index contributed by atoms with van der Waals surface area (Å²) in [5.41, 5.74) is 2.11. The molecule has 0 unspecified atom stereocenters. The molecule has 2 nitrogen and oxygen atoms in total. The second-order valence-corrected chi connectivity index (χ2v) is 3.68. The molecule has 2 rings (SSSR count). The summed E-state index contributed by atoms with van der Waals surface area (Å²) in [5, 5.41) is 0. The molecule has 0 amide bonds. The molecule has 0 aliphatic heterocycles. The molecule has 1 aromatic heterocycles. The van der Waals surface area contributed by atoms with Gasteiger partial charge in [-0.25, -0.2) is 0 Å². The predicted molar refractivity (Wildman–Crippen MR) is 69.7 cm³/mol. The number of benzene rings is 1. The molecule has 2 heteroatoms. The van der Waals surface area contributed by atoms with Gasteiger partial charge in [0.15, 0.2) is 0 Å². The highest BCUT2D eigenvalue weighted by Crippen LogP contribution is 2.14. The lowest BCUT2D eigenvalue weighted by Gasteiger charge is -2.05. The van der Waals surface area contributed by atoms with Crippen molar-refractivity contribution in [3.63, 3.8) is 0 Å². The van der Waals surface area contributed by atoms with Crippen LogP contribution in [0.1, 0.15) is 18.2 Å². The van der Waals surface area contributed by atoms with Crippen LogP contribution in [0.4, 0.5) is 0 Å². The van der Waals surface area contributed by atoms with Crippen molar-refractivity contribution in [2.75, 3.05) is 0 Å². The van der Waals surface area contributed by atoms with Gasteiger partial charge < -0.3 is 4.74 Å². The third kappa shape index (κ3) is 3.45. The Morgan fingerprint density at radius 1 is 1.12 bits per heavy atom. The average Bonchev–Trinajstić information content (AvgIpc) is 2.40. The van der Waals surface area contributed by atoms with Crippen LogP contribution in [-0.4, -0.2) is 4.98 Å². The van der Waals surface area contributed by atoms with Gasteiger partial charge in [-0.2, -0.15) is 0 Å². The third-order valence-electron chi connectivity index (χ3n) is 2.35. The molecule has 2 aromatic rings. The Morgan fingerprint density at radius 2 is 1.94 bits per heavy atom. The molecule has 0 spiro atoms. The zero-order valence-electron chi connectivity index (χ0n) is 9.84. The minimum absolute atomic E-state index is 0.504. The van der Waals surface area contributed by atoms with Gasteiger partial charge in [-0.15, -0.1) is 0 Å². The number of pyridine rings is 1. The first kappa shape index (κ1) is 11.4. The monoisotopic (exact) mass is 225 g/mol. The summed E-state index contributed by atoms with van der Waals surface area (Å²) in [6, 6.07) is 13.8. The maximum atomic E-state index is 5.64. The van der Waals surface area contributed by atoms with E-state index in [1.54, 1.807) is 6.20 Å². The van der Waals surface area contributed by atoms with E-state index in [4.69, 9.17) is 4.74 Å². The number of allylic oxidation sites excluding steroid dienone is 1. The van der Waals surface area contributed by atoms with Crippen LogP contribution in [0.2, 0.25) is 0 Å². The molecule has 1 heterocycles. The van der Waals surface area contributed by atoms with Crippen LogP contribution < -0.4 is 4.74 Å². The highest BCUT2D eigenvalue weighted by Gasteiger charge is 1.96. The summed E-state index contributed by atoms with van der Waals surface area (Å²) < 4.78 is 5.64. The number of aromatic nitrogens is 1. The molecule has 0 aliphatic carbocycles. The summed E-state index contributed by atoms with van der Waals surface area (Å²) in [6.45, 7) is 2.51. The molecule has 1 aromatic carbocycles. The van der Waals surface area contributed by atoms with Crippen molar-refractivity contribution in [3.05, 3.63) is 66.0 Å². The quantitative estimate of drug-likeness (QED) is 0.791. The predicted octanol–water partition coefficient (Wildman–Crippen LogP) is 3.69. The largest absolute Gasteiger partial charge is 0.487 e. The van der Waals surface area contributed by atoms with E-state index < -0.39 is 0 Å². The van der Waals surface area contributed by atoms with Gasteiger partial charge in [0.05, 0.1) is 5.69 Å². The molecule has 0 atom stereocenters. The molecule has 0 bridgehead atoms. The van der Waals surface area contributed by atoms with Crippen molar-refractivity contribution in [1.29, 1.82) is 0 Å². The molecule has 0 fully saturated rings. The van der Waals surface area contributed by atoms with Crippen LogP contribution >= 0.6 is 0 Å². The van der Waals surface area contributed by atoms with Crippen molar-refractivity contribution >= 4 is 6.08 Å². The first-order chi connectivity index (χ1) is 8.38. The maximum absolute atomic E-state index is 5.64. The lowest BCUT2D eigenvalue weighted by Crippen LogP contribution is -1.97. The SMILES string of the molecule is C/C=C/c1ccc(OCc2ccccn2)cc1. The van der Waals surface area contributed by atoms with Gasteiger partial charge in [-0.05, 0) is 36.8 Å². The minimum atomic E-state index is 0.504. The normalized spacial score (nSPS) is 10.6. The van der Waals surface area contributed by atoms with Gasteiger partial charge in [-0.3, -0.25) is 4.98 Å². The molecular weight excluding hydrogens is 210 g/mol. The molecule has 17 heavy (non-hydrogen) atoms. The van der Waals surface area contributed by atoms with Gasteiger partial charge in [-0.1, -0.05) is 30.4 Å². The van der Waals surface area contributed by atoms with Crippen LogP contribution in [-0.2, 0) is 6.61 Å². The van der Waals surface area contributed by atoms with E-state index in [1.165, 1.54) is 5.56 Å². The van der Waals surface area contributed by atoms with E-state index in [0.717, 1.165) is 11.4 Å². The number of hydrogen-bond donors (Lipinski definition) is 0. The third-order valence-corrected chi connectivity index (χ3v) is 2.35. The zero-order valence-corrected chi connectivity index (χ0v) is 9.84. The van der Waals surface area contributed by atoms with Crippen molar-refractivity contribution < 1.29 is 4.74 Å². The summed E-state index contributed by atoms with van der Waals surface area (Å²) in [6.07, 6.45) is 5.85. The molecular formula is C15H15NO. The Balaban J connectivity index is 1.95. The molecule has 86 valence electrons. The topological polar surface area (TPSA) is 22.1 Å². The molecule has 0 saturated heterocycles. The fraction of sp³-hybridized carbons (Fsp3) is 0.133. The Morgan fingerprint density at radius 3 is 2.59 bits per heavy atom. The van der Waals surface area contributed by atoms with Gasteiger partial charge >= 0.3 is 0 Å². The highest BCUT2D eigenvalue weighted by molar-refractivity contribution is 5.50. The van der Waals surface area contributed by atoms with Crippen molar-refractivity contribution in [1.82, 2.24) is 4.98 Å². The fourth-order valence-electron chi connectivity index (χ4n) is 1.51. The van der Waals surface area contributed by atoms with Crippen molar-refractivity contribution in [2.24, 2.45) is 0 Å². The smallest absolute Gasteiger partial charge is 0.130 e. The number of ether oxygens (including phenoxy) is 1. The second-order valence-electron chi connectivity index (χ2n) is 3.68. The Kier molecular flexibility index (Phi) is 3.92. The molecule has 0 N–H and O–H groups in total. The van der Waals surface area contributed by atoms with E-state index in [-0.39, 0.29) is 0 Å². The van der Waals surface area contributed by atoms with Crippen LogP contribution in [0.15, 0.2) is 54.7 Å². The van der Waals surface area contributed by atoms with Gasteiger partial charge in [0.2, 0.25) is 0 Å². The van der Waals surface area contributed by atoms with E-state index in [1.807, 2.05) is 55.5 Å². The van der Waals surface area contributed by atoms with E-state index >= 15 is 0 Å². The van der Waals surface area contributed by atoms with Crippen LogP contribution in [0.3, 0.4) is 0 Å². The lowest BCUT2D eigenvalue weighted by molar-refractivity contribution is 0.301. The van der Waals surface area contributed by atoms with Crippen LogP contribution in [0, 0.1) is 0 Å². The Labute approximate surface area is 102 Å². The van der Waals surface area contributed by atoms with E-state index in [2.05, 4.69) is 11.1 Å². The second kappa shape index (κ2) is 5.85. The number of rotatable bonds is 4. The first-order valence-corrected chi connectivity index (χ1v) is 5.64. The maximum Gasteiger partial charge on any atom is 0.130 e. The van der Waals surface area contributed by atoms with Crippen LogP contribution in [0.5, 0.6) is 5.75 Å². The van der Waals surface area contributed by atoms with Gasteiger partial charge in [0.25, 0.3) is 0 Å². The van der Waals surface area contributed by atoms with Crippen molar-refractivity contribution in [2.45, 2.75) is 13.5 Å². The lowest BCUT2D eigenvalue weighted by atomic mass is 10.2. The number of hydrogen-bond acceptors (Lipinski definition) is 2. The average molecular weight is 225 g/mol.